The number of amides is 1. The van der Waals surface area contributed by atoms with Crippen LogP contribution in [0.2, 0.25) is 5.02 Å². The van der Waals surface area contributed by atoms with Crippen molar-refractivity contribution < 1.29 is 14.3 Å². The molecule has 8 nitrogen and oxygen atoms in total. The predicted octanol–water partition coefficient (Wildman–Crippen LogP) is 2.62. The minimum atomic E-state index is -0.468. The number of aromatic nitrogens is 2. The Morgan fingerprint density at radius 1 is 1.22 bits per heavy atom. The topological polar surface area (TPSA) is 95.6 Å². The minimum Gasteiger partial charge on any atom is -0.465 e. The monoisotopic (exact) mass is 474 g/mol. The Kier molecular flexibility index (Phi) is 6.59. The number of benzene rings is 1. The van der Waals surface area contributed by atoms with Crippen molar-refractivity contribution in [2.75, 3.05) is 33.3 Å². The molecule has 1 N–H and O–H groups in total. The molecule has 1 saturated heterocycles. The van der Waals surface area contributed by atoms with Gasteiger partial charge in [-0.3, -0.25) is 14.5 Å². The standard InChI is InChI=1S/C22H23ClN4O4S/c1-13-18-20(29)24-16(25-21(18)32-19(13)22(30)31-2)12-26-7-9-27(10-8-26)17(28)11-14-5-3-4-6-15(14)23/h3-6H,7-12H2,1-2H3,(H,24,25,29). The molecule has 0 radical (unpaired) electrons. The smallest absolute Gasteiger partial charge is 0.348 e. The summed E-state index contributed by atoms with van der Waals surface area (Å²) in [7, 11) is 1.31. The van der Waals surface area contributed by atoms with Crippen LogP contribution in [0.4, 0.5) is 0 Å². The normalized spacial score (nSPS) is 14.7. The predicted molar refractivity (Wildman–Crippen MR) is 123 cm³/mol. The Labute approximate surface area is 193 Å². The maximum Gasteiger partial charge on any atom is 0.348 e. The van der Waals surface area contributed by atoms with Gasteiger partial charge in [0.2, 0.25) is 5.91 Å². The van der Waals surface area contributed by atoms with E-state index in [0.717, 1.165) is 5.56 Å². The van der Waals surface area contributed by atoms with Crippen molar-refractivity contribution in [3.8, 4) is 0 Å². The van der Waals surface area contributed by atoms with Crippen LogP contribution in [0.15, 0.2) is 29.1 Å². The van der Waals surface area contributed by atoms with Gasteiger partial charge in [0.1, 0.15) is 15.5 Å². The number of halogens is 1. The van der Waals surface area contributed by atoms with E-state index in [2.05, 4.69) is 14.9 Å². The lowest BCUT2D eigenvalue weighted by atomic mass is 10.1. The first-order valence-corrected chi connectivity index (χ1v) is 11.4. The van der Waals surface area contributed by atoms with Gasteiger partial charge in [0.25, 0.3) is 5.56 Å². The molecule has 3 heterocycles. The molecular formula is C22H23ClN4O4S. The van der Waals surface area contributed by atoms with Crippen LogP contribution in [0, 0.1) is 6.92 Å². The summed E-state index contributed by atoms with van der Waals surface area (Å²) < 4.78 is 4.80. The zero-order chi connectivity index (χ0) is 22.8. The fourth-order valence-electron chi connectivity index (χ4n) is 3.83. The maximum atomic E-state index is 12.6. The molecule has 1 aliphatic rings. The highest BCUT2D eigenvalue weighted by Gasteiger charge is 2.24. The number of methoxy groups -OCH3 is 1. The molecule has 0 aliphatic carbocycles. The average molecular weight is 475 g/mol. The zero-order valence-corrected chi connectivity index (χ0v) is 19.4. The summed E-state index contributed by atoms with van der Waals surface area (Å²) in [4.78, 5) is 49.5. The number of ether oxygens (including phenoxy) is 1. The number of esters is 1. The Morgan fingerprint density at radius 3 is 2.62 bits per heavy atom. The molecule has 1 fully saturated rings. The third-order valence-corrected chi connectivity index (χ3v) is 7.15. The number of hydrogen-bond acceptors (Lipinski definition) is 7. The van der Waals surface area contributed by atoms with Gasteiger partial charge in [0.15, 0.2) is 0 Å². The third kappa shape index (κ3) is 4.55. The van der Waals surface area contributed by atoms with Gasteiger partial charge in [-0.2, -0.15) is 0 Å². The highest BCUT2D eigenvalue weighted by atomic mass is 35.5. The third-order valence-electron chi connectivity index (χ3n) is 5.62. The van der Waals surface area contributed by atoms with Gasteiger partial charge < -0.3 is 14.6 Å². The second-order valence-corrected chi connectivity index (χ2v) is 9.07. The SMILES string of the molecule is COC(=O)c1sc2nc(CN3CCN(C(=O)Cc4ccccc4Cl)CC3)[nH]c(=O)c2c1C. The molecule has 0 atom stereocenters. The molecule has 168 valence electrons. The van der Waals surface area contributed by atoms with E-state index in [1.807, 2.05) is 23.1 Å². The van der Waals surface area contributed by atoms with Crippen molar-refractivity contribution >= 4 is 45.0 Å². The Morgan fingerprint density at radius 2 is 1.94 bits per heavy atom. The lowest BCUT2D eigenvalue weighted by Crippen LogP contribution is -2.49. The second kappa shape index (κ2) is 9.40. The number of nitrogens with one attached hydrogen (secondary N) is 1. The molecule has 0 saturated carbocycles. The molecule has 1 aliphatic heterocycles. The lowest BCUT2D eigenvalue weighted by Gasteiger charge is -2.34. The fourth-order valence-corrected chi connectivity index (χ4v) is 5.16. The molecular weight excluding hydrogens is 452 g/mol. The van der Waals surface area contributed by atoms with Crippen LogP contribution >= 0.6 is 22.9 Å². The number of H-pyrrole nitrogens is 1. The van der Waals surface area contributed by atoms with E-state index in [4.69, 9.17) is 16.3 Å². The van der Waals surface area contributed by atoms with Crippen LogP contribution in [0.25, 0.3) is 10.2 Å². The molecule has 0 unspecified atom stereocenters. The van der Waals surface area contributed by atoms with Crippen LogP contribution in [0.1, 0.15) is 26.6 Å². The van der Waals surface area contributed by atoms with Gasteiger partial charge in [0.05, 0.1) is 25.5 Å². The van der Waals surface area contributed by atoms with Crippen molar-refractivity contribution in [1.82, 2.24) is 19.8 Å². The minimum absolute atomic E-state index is 0.0510. The largest absolute Gasteiger partial charge is 0.465 e. The van der Waals surface area contributed by atoms with E-state index in [-0.39, 0.29) is 17.9 Å². The quantitative estimate of drug-likeness (QED) is 0.571. The average Bonchev–Trinajstić information content (AvgIpc) is 3.12. The molecule has 1 aromatic carbocycles. The van der Waals surface area contributed by atoms with Crippen molar-refractivity contribution in [3.63, 3.8) is 0 Å². The van der Waals surface area contributed by atoms with E-state index < -0.39 is 5.97 Å². The molecule has 10 heteroatoms. The summed E-state index contributed by atoms with van der Waals surface area (Å²) >= 11 is 7.34. The summed E-state index contributed by atoms with van der Waals surface area (Å²) in [6.45, 7) is 4.73. The van der Waals surface area contributed by atoms with Gasteiger partial charge in [0, 0.05) is 31.2 Å². The Balaban J connectivity index is 1.41. The number of thiophene rings is 1. The molecule has 4 rings (SSSR count). The van der Waals surface area contributed by atoms with Gasteiger partial charge in [-0.25, -0.2) is 9.78 Å². The van der Waals surface area contributed by atoms with E-state index in [0.29, 0.717) is 64.2 Å². The van der Waals surface area contributed by atoms with Crippen LogP contribution in [0.5, 0.6) is 0 Å². The first-order valence-electron chi connectivity index (χ1n) is 10.2. The first-order chi connectivity index (χ1) is 15.4. The molecule has 3 aromatic rings. The molecule has 1 amide bonds. The van der Waals surface area contributed by atoms with E-state index in [1.165, 1.54) is 18.4 Å². The molecule has 0 bridgehead atoms. The highest BCUT2D eigenvalue weighted by molar-refractivity contribution is 7.20. The van der Waals surface area contributed by atoms with Crippen molar-refractivity contribution in [3.05, 3.63) is 61.5 Å². The number of aryl methyl sites for hydroxylation is 1. The number of fused-ring (bicyclic) bond motifs is 1. The number of rotatable bonds is 5. The number of hydrogen-bond donors (Lipinski definition) is 1. The van der Waals surface area contributed by atoms with Gasteiger partial charge >= 0.3 is 5.97 Å². The summed E-state index contributed by atoms with van der Waals surface area (Å²) in [5.41, 5.74) is 1.15. The summed E-state index contributed by atoms with van der Waals surface area (Å²) in [5, 5.41) is 1.03. The maximum absolute atomic E-state index is 12.6. The number of aromatic amines is 1. The van der Waals surface area contributed by atoms with E-state index in [1.54, 1.807) is 13.0 Å². The zero-order valence-electron chi connectivity index (χ0n) is 17.8. The van der Waals surface area contributed by atoms with Gasteiger partial charge in [-0.15, -0.1) is 11.3 Å². The molecule has 32 heavy (non-hydrogen) atoms. The summed E-state index contributed by atoms with van der Waals surface area (Å²) in [6, 6.07) is 7.38. The van der Waals surface area contributed by atoms with Gasteiger partial charge in [-0.05, 0) is 24.1 Å². The summed E-state index contributed by atoms with van der Waals surface area (Å²) in [5.74, 6) is 0.121. The highest BCUT2D eigenvalue weighted by Crippen LogP contribution is 2.27. The molecule has 0 spiro atoms. The van der Waals surface area contributed by atoms with Crippen LogP contribution < -0.4 is 5.56 Å². The van der Waals surface area contributed by atoms with Gasteiger partial charge in [-0.1, -0.05) is 29.8 Å². The fraction of sp³-hybridized carbons (Fsp3) is 0.364. The summed E-state index contributed by atoms with van der Waals surface area (Å²) in [6.07, 6.45) is 0.283. The molecule has 2 aromatic heterocycles. The number of carbonyl (C=O) groups is 2. The van der Waals surface area contributed by atoms with Crippen LogP contribution in [-0.4, -0.2) is 64.9 Å². The Hall–Kier alpha value is -2.75. The first kappa shape index (κ1) is 22.4. The van der Waals surface area contributed by atoms with Crippen molar-refractivity contribution in [1.29, 1.82) is 0 Å². The van der Waals surface area contributed by atoms with Crippen LogP contribution in [0.3, 0.4) is 0 Å². The second-order valence-electron chi connectivity index (χ2n) is 7.67. The van der Waals surface area contributed by atoms with E-state index >= 15 is 0 Å². The van der Waals surface area contributed by atoms with Crippen molar-refractivity contribution in [2.45, 2.75) is 19.9 Å². The Bertz CT molecular complexity index is 1230. The lowest BCUT2D eigenvalue weighted by molar-refractivity contribution is -0.132. The van der Waals surface area contributed by atoms with Crippen molar-refractivity contribution in [2.24, 2.45) is 0 Å². The number of piperazine rings is 1. The van der Waals surface area contributed by atoms with Crippen LogP contribution in [-0.2, 0) is 22.5 Å². The van der Waals surface area contributed by atoms with E-state index in [9.17, 15) is 14.4 Å². The number of carbonyl (C=O) groups excluding carboxylic acids is 2. The number of nitrogens with zero attached hydrogens (tertiary/aromatic N) is 3.